The van der Waals surface area contributed by atoms with Gasteiger partial charge in [-0.2, -0.15) is 18.3 Å². The van der Waals surface area contributed by atoms with Crippen molar-refractivity contribution >= 4 is 33.9 Å². The summed E-state index contributed by atoms with van der Waals surface area (Å²) in [6.07, 6.45) is -3.59. The van der Waals surface area contributed by atoms with Gasteiger partial charge in [0.1, 0.15) is 11.4 Å². The van der Waals surface area contributed by atoms with E-state index in [1.165, 1.54) is 12.1 Å². The molecule has 5 aromatic rings. The van der Waals surface area contributed by atoms with Crippen molar-refractivity contribution in [2.24, 2.45) is 0 Å². The Hall–Kier alpha value is -4.02. The fraction of sp³-hybridized carbons (Fsp3) is 0.207. The van der Waals surface area contributed by atoms with Crippen LogP contribution in [0, 0.1) is 5.82 Å². The monoisotopic (exact) mass is 567 g/mol. The lowest BCUT2D eigenvalue weighted by molar-refractivity contribution is -0.142. The van der Waals surface area contributed by atoms with Crippen molar-refractivity contribution in [1.29, 1.82) is 0 Å². The third kappa shape index (κ3) is 4.77. The quantitative estimate of drug-likeness (QED) is 0.239. The second kappa shape index (κ2) is 10.2. The molecule has 11 heteroatoms. The van der Waals surface area contributed by atoms with Gasteiger partial charge in [-0.15, -0.1) is 0 Å². The van der Waals surface area contributed by atoms with Gasteiger partial charge in [-0.1, -0.05) is 60.1 Å². The molecule has 0 atom stereocenters. The molecule has 0 N–H and O–H groups in total. The molecule has 204 valence electrons. The first-order valence-electron chi connectivity index (χ1n) is 12.6. The number of alkyl halides is 3. The van der Waals surface area contributed by atoms with Gasteiger partial charge in [-0.25, -0.2) is 13.9 Å². The lowest BCUT2D eigenvalue weighted by Crippen LogP contribution is -2.48. The van der Waals surface area contributed by atoms with Gasteiger partial charge in [-0.05, 0) is 29.0 Å². The van der Waals surface area contributed by atoms with Crippen molar-refractivity contribution in [2.45, 2.75) is 12.7 Å². The lowest BCUT2D eigenvalue weighted by Gasteiger charge is -2.34. The zero-order valence-electron chi connectivity index (χ0n) is 21.0. The normalized spacial score (nSPS) is 14.8. The summed E-state index contributed by atoms with van der Waals surface area (Å²) >= 11 is 6.16. The standard InChI is InChI=1S/C29H22ClF4N5O/c30-23-9-4-10-24(31)22(23)17-37-11-13-38(14-12-37)28(40)21-16-35-39-26(29(32,33)34)15-25(36-27(21)39)20-8-3-6-18-5-1-2-7-19(18)20/h1-10,15-16H,11-14,17H2. The molecule has 2 aromatic heterocycles. The zero-order valence-corrected chi connectivity index (χ0v) is 21.8. The molecule has 3 aromatic carbocycles. The summed E-state index contributed by atoms with van der Waals surface area (Å²) < 4.78 is 57.3. The van der Waals surface area contributed by atoms with Crippen molar-refractivity contribution in [3.63, 3.8) is 0 Å². The topological polar surface area (TPSA) is 53.7 Å². The van der Waals surface area contributed by atoms with Gasteiger partial charge < -0.3 is 4.90 Å². The van der Waals surface area contributed by atoms with Gasteiger partial charge in [0.25, 0.3) is 5.91 Å². The molecule has 6 rings (SSSR count). The molecule has 1 aliphatic rings. The minimum Gasteiger partial charge on any atom is -0.336 e. The molecule has 1 fully saturated rings. The van der Waals surface area contributed by atoms with Gasteiger partial charge in [0, 0.05) is 48.9 Å². The summed E-state index contributed by atoms with van der Waals surface area (Å²) in [6.45, 7) is 1.78. The highest BCUT2D eigenvalue weighted by atomic mass is 35.5. The van der Waals surface area contributed by atoms with Gasteiger partial charge in [0.05, 0.1) is 11.9 Å². The van der Waals surface area contributed by atoms with Crippen LogP contribution in [0.3, 0.4) is 0 Å². The smallest absolute Gasteiger partial charge is 0.336 e. The Balaban J connectivity index is 1.32. The summed E-state index contributed by atoms with van der Waals surface area (Å²) in [5.41, 5.74) is -0.201. The van der Waals surface area contributed by atoms with E-state index in [0.717, 1.165) is 23.0 Å². The first-order valence-corrected chi connectivity index (χ1v) is 13.0. The minimum absolute atomic E-state index is 0.0156. The van der Waals surface area contributed by atoms with E-state index in [0.29, 0.717) is 46.8 Å². The van der Waals surface area contributed by atoms with Crippen LogP contribution >= 0.6 is 11.6 Å². The summed E-state index contributed by atoms with van der Waals surface area (Å²) in [4.78, 5) is 21.6. The van der Waals surface area contributed by atoms with Crippen LogP contribution in [0.5, 0.6) is 0 Å². The largest absolute Gasteiger partial charge is 0.433 e. The van der Waals surface area contributed by atoms with Crippen LogP contribution in [-0.2, 0) is 12.7 Å². The Bertz CT molecular complexity index is 1720. The second-order valence-electron chi connectivity index (χ2n) is 9.61. The maximum atomic E-state index is 14.2. The Morgan fingerprint density at radius 2 is 1.68 bits per heavy atom. The zero-order chi connectivity index (χ0) is 28.0. The molecular weight excluding hydrogens is 546 g/mol. The number of benzene rings is 3. The number of piperazine rings is 1. The molecule has 0 unspecified atom stereocenters. The molecule has 1 saturated heterocycles. The van der Waals surface area contributed by atoms with Crippen LogP contribution in [0.25, 0.3) is 27.7 Å². The van der Waals surface area contributed by atoms with Crippen LogP contribution in [0.15, 0.2) is 72.9 Å². The Kier molecular flexibility index (Phi) is 6.67. The fourth-order valence-electron chi connectivity index (χ4n) is 5.09. The Morgan fingerprint density at radius 3 is 2.42 bits per heavy atom. The number of fused-ring (bicyclic) bond motifs is 2. The predicted octanol–water partition coefficient (Wildman–Crippen LogP) is 6.32. The van der Waals surface area contributed by atoms with Crippen LogP contribution in [0.1, 0.15) is 21.6 Å². The highest BCUT2D eigenvalue weighted by Gasteiger charge is 2.37. The molecule has 6 nitrogen and oxygen atoms in total. The number of amides is 1. The van der Waals surface area contributed by atoms with E-state index in [4.69, 9.17) is 11.6 Å². The number of halogens is 5. The minimum atomic E-state index is -4.73. The summed E-state index contributed by atoms with van der Waals surface area (Å²) in [5, 5.41) is 5.84. The van der Waals surface area contributed by atoms with Crippen molar-refractivity contribution < 1.29 is 22.4 Å². The van der Waals surface area contributed by atoms with Crippen LogP contribution in [0.2, 0.25) is 5.02 Å². The van der Waals surface area contributed by atoms with E-state index in [1.54, 1.807) is 23.1 Å². The molecular formula is C29H22ClF4N5O. The summed E-state index contributed by atoms with van der Waals surface area (Å²) in [7, 11) is 0. The van der Waals surface area contributed by atoms with Crippen molar-refractivity contribution in [3.05, 3.63) is 101 Å². The van der Waals surface area contributed by atoms with Crippen molar-refractivity contribution in [3.8, 4) is 11.3 Å². The number of carbonyl (C=O) groups is 1. The Morgan fingerprint density at radius 1 is 0.950 bits per heavy atom. The predicted molar refractivity (Wildman–Crippen MR) is 144 cm³/mol. The van der Waals surface area contributed by atoms with Crippen LogP contribution in [-0.4, -0.2) is 56.5 Å². The maximum Gasteiger partial charge on any atom is 0.433 e. The second-order valence-corrected chi connectivity index (χ2v) is 10.0. The van der Waals surface area contributed by atoms with Crippen molar-refractivity contribution in [2.75, 3.05) is 26.2 Å². The van der Waals surface area contributed by atoms with E-state index < -0.39 is 23.6 Å². The first kappa shape index (κ1) is 26.2. The average molecular weight is 568 g/mol. The molecule has 0 aliphatic carbocycles. The first-order chi connectivity index (χ1) is 19.2. The molecule has 40 heavy (non-hydrogen) atoms. The van der Waals surface area contributed by atoms with E-state index >= 15 is 0 Å². The van der Waals surface area contributed by atoms with E-state index in [-0.39, 0.29) is 23.4 Å². The molecule has 0 saturated carbocycles. The number of hydrogen-bond donors (Lipinski definition) is 0. The number of hydrogen-bond acceptors (Lipinski definition) is 4. The van der Waals surface area contributed by atoms with Gasteiger partial charge in [-0.3, -0.25) is 9.69 Å². The third-order valence-electron chi connectivity index (χ3n) is 7.16. The van der Waals surface area contributed by atoms with Gasteiger partial charge in [0.15, 0.2) is 11.3 Å². The van der Waals surface area contributed by atoms with Crippen LogP contribution < -0.4 is 0 Å². The van der Waals surface area contributed by atoms with Gasteiger partial charge in [0.2, 0.25) is 0 Å². The van der Waals surface area contributed by atoms with Gasteiger partial charge >= 0.3 is 6.18 Å². The van der Waals surface area contributed by atoms with E-state index in [1.807, 2.05) is 35.2 Å². The fourth-order valence-corrected chi connectivity index (χ4v) is 5.31. The summed E-state index contributed by atoms with van der Waals surface area (Å²) in [6, 6.07) is 18.2. The Labute approximate surface area is 231 Å². The molecule has 3 heterocycles. The number of rotatable bonds is 4. The maximum absolute atomic E-state index is 14.2. The molecule has 0 radical (unpaired) electrons. The highest BCUT2D eigenvalue weighted by Crippen LogP contribution is 2.35. The molecule has 1 amide bonds. The molecule has 1 aliphatic heterocycles. The van der Waals surface area contributed by atoms with Crippen LogP contribution in [0.4, 0.5) is 17.6 Å². The van der Waals surface area contributed by atoms with E-state index in [2.05, 4.69) is 10.1 Å². The summed E-state index contributed by atoms with van der Waals surface area (Å²) in [5.74, 6) is -0.861. The number of carbonyl (C=O) groups excluding carboxylic acids is 1. The van der Waals surface area contributed by atoms with Crippen molar-refractivity contribution in [1.82, 2.24) is 24.4 Å². The third-order valence-corrected chi connectivity index (χ3v) is 7.52. The highest BCUT2D eigenvalue weighted by molar-refractivity contribution is 6.31. The SMILES string of the molecule is O=C(c1cnn2c(C(F)(F)F)cc(-c3cccc4ccccc34)nc12)N1CCN(Cc2c(F)cccc2Cl)CC1. The number of nitrogens with zero attached hydrogens (tertiary/aromatic N) is 5. The molecule has 0 spiro atoms. The average Bonchev–Trinajstić information content (AvgIpc) is 3.37. The lowest BCUT2D eigenvalue weighted by atomic mass is 10.0. The van der Waals surface area contributed by atoms with E-state index in [9.17, 15) is 22.4 Å². The molecule has 0 bridgehead atoms. The number of aromatic nitrogens is 3.